The second-order valence-corrected chi connectivity index (χ2v) is 11.1. The van der Waals surface area contributed by atoms with Crippen LogP contribution in [0.4, 0.5) is 13.2 Å². The van der Waals surface area contributed by atoms with Gasteiger partial charge in [-0.3, -0.25) is 4.79 Å². The van der Waals surface area contributed by atoms with Crippen LogP contribution in [0.5, 0.6) is 0 Å². The second kappa shape index (κ2) is 15.6. The van der Waals surface area contributed by atoms with Gasteiger partial charge in [0.25, 0.3) is 0 Å². The van der Waals surface area contributed by atoms with Crippen LogP contribution in [-0.2, 0) is 30.5 Å². The van der Waals surface area contributed by atoms with E-state index >= 15 is 0 Å². The molecule has 0 fully saturated rings. The number of nitrogens with zero attached hydrogens (tertiary/aromatic N) is 4. The third-order valence-electron chi connectivity index (χ3n) is 7.68. The van der Waals surface area contributed by atoms with Crippen molar-refractivity contribution in [1.82, 2.24) is 19.8 Å². The molecule has 0 aliphatic carbocycles. The summed E-state index contributed by atoms with van der Waals surface area (Å²) in [5, 5.41) is 12.4. The van der Waals surface area contributed by atoms with E-state index in [0.29, 0.717) is 30.8 Å². The minimum Gasteiger partial charge on any atom is -0.363 e. The number of nitriles is 1. The highest BCUT2D eigenvalue weighted by atomic mass is 32.1. The van der Waals surface area contributed by atoms with Crippen molar-refractivity contribution in [2.24, 2.45) is 17.6 Å². The summed E-state index contributed by atoms with van der Waals surface area (Å²) < 4.78 is 43.5. The first-order chi connectivity index (χ1) is 20.5. The molecule has 43 heavy (non-hydrogen) atoms. The Morgan fingerprint density at radius 2 is 1.88 bits per heavy atom. The number of halogens is 3. The normalized spacial score (nSPS) is 13.5. The van der Waals surface area contributed by atoms with Gasteiger partial charge in [-0.2, -0.15) is 18.4 Å². The lowest BCUT2D eigenvalue weighted by Gasteiger charge is -2.38. The summed E-state index contributed by atoms with van der Waals surface area (Å²) in [6.07, 6.45) is 0.159. The molecule has 0 bridgehead atoms. The zero-order valence-electron chi connectivity index (χ0n) is 24.8. The van der Waals surface area contributed by atoms with Crippen molar-refractivity contribution in [2.45, 2.75) is 71.9 Å². The van der Waals surface area contributed by atoms with E-state index in [1.165, 1.54) is 17.0 Å². The number of alkyl halides is 3. The summed E-state index contributed by atoms with van der Waals surface area (Å²) in [6.45, 7) is 6.69. The molecule has 230 valence electrons. The molecule has 3 rings (SSSR count). The van der Waals surface area contributed by atoms with Crippen molar-refractivity contribution in [3.63, 3.8) is 0 Å². The van der Waals surface area contributed by atoms with E-state index in [-0.39, 0.29) is 35.3 Å². The highest BCUT2D eigenvalue weighted by Crippen LogP contribution is 2.33. The van der Waals surface area contributed by atoms with Crippen molar-refractivity contribution in [3.8, 4) is 6.07 Å². The van der Waals surface area contributed by atoms with E-state index in [0.717, 1.165) is 24.5 Å². The third kappa shape index (κ3) is 9.12. The molecule has 0 aliphatic rings. The molecule has 3 N–H and O–H groups in total. The molecule has 3 aromatic rings. The monoisotopic (exact) mass is 612 g/mol. The number of carbonyl (C=O) groups is 1. The molecule has 0 aliphatic heterocycles. The molecule has 0 amide bonds. The molecule has 2 aromatic carbocycles. The van der Waals surface area contributed by atoms with Gasteiger partial charge in [0, 0.05) is 37.9 Å². The molecule has 3 atom stereocenters. The Morgan fingerprint density at radius 1 is 1.19 bits per heavy atom. The van der Waals surface area contributed by atoms with E-state index in [2.05, 4.69) is 16.4 Å². The Kier molecular flexibility index (Phi) is 12.3. The Morgan fingerprint density at radius 3 is 2.51 bits per heavy atom. The van der Waals surface area contributed by atoms with Gasteiger partial charge in [-0.25, -0.2) is 4.98 Å². The minimum absolute atomic E-state index is 0.0286. The van der Waals surface area contributed by atoms with Crippen molar-refractivity contribution in [2.75, 3.05) is 6.54 Å². The minimum atomic E-state index is -4.55. The summed E-state index contributed by atoms with van der Waals surface area (Å²) in [5.41, 5.74) is 8.27. The molecular weight excluding hydrogens is 573 g/mol. The second-order valence-electron chi connectivity index (χ2n) is 10.7. The van der Waals surface area contributed by atoms with Gasteiger partial charge in [-0.15, -0.1) is 0 Å². The van der Waals surface area contributed by atoms with Crippen molar-refractivity contribution >= 4 is 23.1 Å². The Bertz CT molecular complexity index is 1400. The summed E-state index contributed by atoms with van der Waals surface area (Å²) in [6, 6.07) is 14.6. The molecule has 0 spiro atoms. The third-order valence-corrected chi connectivity index (χ3v) is 8.06. The van der Waals surface area contributed by atoms with E-state index in [1.807, 2.05) is 37.5 Å². The topological polar surface area (TPSA) is 100.0 Å². The summed E-state index contributed by atoms with van der Waals surface area (Å²) in [5.74, 6) is -1.03. The first-order valence-electron chi connectivity index (χ1n) is 14.5. The molecular formula is C32H39F3N6OS. The standard InChI is InChI=1S/C32H39F3N6OS/c1-4-6-15-39-31(43)41(20-25-9-7-8-10-27(25)32(33,34)35)30(37)29(22(3)5-2)28(42)16-26-18-38-21-40(26)19-24-13-11-23(17-36)12-14-24/h7-14,18,21-22,29-30H,4-6,15-16,19-20,37H2,1-3H3,(H,39,43)/t22-,29+,30?/m0/s1. The number of thiocarbonyl (C=S) groups is 1. The lowest BCUT2D eigenvalue weighted by atomic mass is 9.83. The number of Topliss-reactive ketones (excluding diaryl/α,β-unsaturated/α-hetero) is 1. The van der Waals surface area contributed by atoms with Crippen molar-refractivity contribution in [1.29, 1.82) is 5.26 Å². The number of nitrogens with two attached hydrogens (primary N) is 1. The predicted molar refractivity (Wildman–Crippen MR) is 165 cm³/mol. The van der Waals surface area contributed by atoms with E-state index in [9.17, 15) is 18.0 Å². The Balaban J connectivity index is 1.91. The number of nitrogens with one attached hydrogen (secondary N) is 1. The quantitative estimate of drug-likeness (QED) is 0.130. The Labute approximate surface area is 256 Å². The SMILES string of the molecule is CCCCNC(=S)N(Cc1ccccc1C(F)(F)F)C(N)[C@@H](C(=O)Cc1cncn1Cc1ccc(C#N)cc1)[C@@H](C)CC. The molecule has 0 saturated carbocycles. The zero-order valence-corrected chi connectivity index (χ0v) is 25.6. The summed E-state index contributed by atoms with van der Waals surface area (Å²) in [4.78, 5) is 19.8. The van der Waals surface area contributed by atoms with Crippen LogP contribution in [0.1, 0.15) is 68.0 Å². The fourth-order valence-corrected chi connectivity index (χ4v) is 5.30. The molecule has 1 unspecified atom stereocenters. The zero-order chi connectivity index (χ0) is 31.6. The smallest absolute Gasteiger partial charge is 0.363 e. The molecule has 0 radical (unpaired) electrons. The van der Waals surface area contributed by atoms with Gasteiger partial charge in [-0.1, -0.05) is 63.9 Å². The van der Waals surface area contributed by atoms with Gasteiger partial charge in [0.15, 0.2) is 5.11 Å². The predicted octanol–water partition coefficient (Wildman–Crippen LogP) is 6.06. The lowest BCUT2D eigenvalue weighted by Crippen LogP contribution is -2.56. The fraction of sp³-hybridized carbons (Fsp3) is 0.438. The highest BCUT2D eigenvalue weighted by Gasteiger charge is 2.38. The van der Waals surface area contributed by atoms with Crippen LogP contribution in [-0.4, -0.2) is 38.1 Å². The largest absolute Gasteiger partial charge is 0.416 e. The maximum absolute atomic E-state index is 14.0. The van der Waals surface area contributed by atoms with Gasteiger partial charge < -0.3 is 20.5 Å². The maximum atomic E-state index is 14.0. The molecule has 7 nitrogen and oxygen atoms in total. The number of hydrogen-bond acceptors (Lipinski definition) is 5. The van der Waals surface area contributed by atoms with Crippen LogP contribution in [0.3, 0.4) is 0 Å². The van der Waals surface area contributed by atoms with E-state index in [4.69, 9.17) is 23.2 Å². The summed E-state index contributed by atoms with van der Waals surface area (Å²) >= 11 is 5.67. The number of rotatable bonds is 14. The lowest BCUT2D eigenvalue weighted by molar-refractivity contribution is -0.138. The van der Waals surface area contributed by atoms with Gasteiger partial charge in [0.1, 0.15) is 5.78 Å². The van der Waals surface area contributed by atoms with Crippen LogP contribution in [0, 0.1) is 23.2 Å². The van der Waals surface area contributed by atoms with E-state index < -0.39 is 23.8 Å². The highest BCUT2D eigenvalue weighted by molar-refractivity contribution is 7.80. The molecule has 11 heteroatoms. The van der Waals surface area contributed by atoms with Gasteiger partial charge in [0.2, 0.25) is 0 Å². The van der Waals surface area contributed by atoms with Crippen LogP contribution in [0.2, 0.25) is 0 Å². The number of imidazole rings is 1. The fourth-order valence-electron chi connectivity index (χ4n) is 5.01. The van der Waals surface area contributed by atoms with Crippen molar-refractivity contribution in [3.05, 3.63) is 89.0 Å². The van der Waals surface area contributed by atoms with Gasteiger partial charge in [-0.05, 0) is 53.9 Å². The summed E-state index contributed by atoms with van der Waals surface area (Å²) in [7, 11) is 0. The number of hydrogen-bond donors (Lipinski definition) is 2. The number of carbonyl (C=O) groups excluding carboxylic acids is 1. The van der Waals surface area contributed by atoms with Crippen LogP contribution in [0.15, 0.2) is 61.1 Å². The Hall–Kier alpha value is -3.75. The van der Waals surface area contributed by atoms with Crippen LogP contribution in [0.25, 0.3) is 0 Å². The van der Waals surface area contributed by atoms with Gasteiger partial charge >= 0.3 is 6.18 Å². The number of benzene rings is 2. The van der Waals surface area contributed by atoms with Crippen LogP contribution < -0.4 is 11.1 Å². The number of unbranched alkanes of at least 4 members (excludes halogenated alkanes) is 1. The maximum Gasteiger partial charge on any atom is 0.416 e. The van der Waals surface area contributed by atoms with Crippen molar-refractivity contribution < 1.29 is 18.0 Å². The number of ketones is 1. The van der Waals surface area contributed by atoms with E-state index in [1.54, 1.807) is 30.7 Å². The molecule has 1 aromatic heterocycles. The van der Waals surface area contributed by atoms with Crippen LogP contribution >= 0.6 is 12.2 Å². The molecule has 0 saturated heterocycles. The molecule has 1 heterocycles. The van der Waals surface area contributed by atoms with Gasteiger partial charge in [0.05, 0.1) is 35.6 Å². The first-order valence-corrected chi connectivity index (χ1v) is 14.9. The average Bonchev–Trinajstić information content (AvgIpc) is 3.41. The first kappa shape index (κ1) is 33.7. The number of aromatic nitrogens is 2. The average molecular weight is 613 g/mol.